The first-order valence-corrected chi connectivity index (χ1v) is 12.7. The number of ether oxygens (including phenoxy) is 1. The molecule has 5 rings (SSSR count). The van der Waals surface area contributed by atoms with Crippen LogP contribution in [0.5, 0.6) is 5.75 Å². The first-order valence-electron chi connectivity index (χ1n) is 12.7. The first-order chi connectivity index (χ1) is 17.6. The van der Waals surface area contributed by atoms with E-state index in [9.17, 15) is 27.6 Å². The van der Waals surface area contributed by atoms with E-state index in [0.29, 0.717) is 31.6 Å². The van der Waals surface area contributed by atoms with Gasteiger partial charge in [-0.05, 0) is 31.1 Å². The number of carbonyl (C=O) groups is 2. The van der Waals surface area contributed by atoms with Gasteiger partial charge in [0.1, 0.15) is 23.0 Å². The van der Waals surface area contributed by atoms with Crippen LogP contribution in [-0.2, 0) is 13.1 Å². The number of pyridine rings is 1. The number of nitrogens with one attached hydrogen (secondary N) is 1. The van der Waals surface area contributed by atoms with Gasteiger partial charge in [0.2, 0.25) is 5.43 Å². The molecule has 2 atom stereocenters. The number of halogens is 3. The molecule has 7 nitrogen and oxygen atoms in total. The zero-order valence-corrected chi connectivity index (χ0v) is 21.0. The lowest BCUT2D eigenvalue weighted by Gasteiger charge is -2.45. The van der Waals surface area contributed by atoms with Crippen LogP contribution in [0.25, 0.3) is 0 Å². The van der Waals surface area contributed by atoms with E-state index >= 15 is 0 Å². The molecule has 1 N–H and O–H groups in total. The molecule has 10 heteroatoms. The topological polar surface area (TPSA) is 80.6 Å². The highest BCUT2D eigenvalue weighted by Gasteiger charge is 2.58. The van der Waals surface area contributed by atoms with Crippen molar-refractivity contribution in [1.82, 2.24) is 14.8 Å². The van der Waals surface area contributed by atoms with E-state index in [1.54, 1.807) is 4.57 Å². The van der Waals surface area contributed by atoms with Gasteiger partial charge in [0.15, 0.2) is 11.4 Å². The number of amides is 2. The third-order valence-electron chi connectivity index (χ3n) is 7.96. The fourth-order valence-electron chi connectivity index (χ4n) is 6.29. The van der Waals surface area contributed by atoms with Crippen LogP contribution < -0.4 is 15.5 Å². The van der Waals surface area contributed by atoms with E-state index in [1.807, 2.05) is 11.8 Å². The predicted octanol–water partition coefficient (Wildman–Crippen LogP) is 4.16. The highest BCUT2D eigenvalue weighted by molar-refractivity contribution is 5.99. The molecule has 37 heavy (non-hydrogen) atoms. The molecular weight excluding hydrogens is 487 g/mol. The highest BCUT2D eigenvalue weighted by atomic mass is 19.1. The van der Waals surface area contributed by atoms with Crippen LogP contribution in [-0.4, -0.2) is 40.0 Å². The average molecular weight is 518 g/mol. The quantitative estimate of drug-likeness (QED) is 0.560. The van der Waals surface area contributed by atoms with Crippen molar-refractivity contribution in [2.45, 2.75) is 71.0 Å². The van der Waals surface area contributed by atoms with Crippen molar-refractivity contribution in [3.05, 3.63) is 62.8 Å². The minimum Gasteiger partial charge on any atom is -0.487 e. The summed E-state index contributed by atoms with van der Waals surface area (Å²) in [6.45, 7) is 4.80. The van der Waals surface area contributed by atoms with Crippen molar-refractivity contribution >= 4 is 11.8 Å². The SMILES string of the molecule is CCCCOc1c2n(cc(C(=O)NCc3c(F)cc(F)cc3F)c1=O)C[C@]13CCC[C@](C)(CN1C2=O)C3. The summed E-state index contributed by atoms with van der Waals surface area (Å²) in [7, 11) is 0. The Hall–Kier alpha value is -3.30. The van der Waals surface area contributed by atoms with Crippen molar-refractivity contribution in [2.75, 3.05) is 13.2 Å². The van der Waals surface area contributed by atoms with Crippen molar-refractivity contribution in [3.8, 4) is 5.75 Å². The summed E-state index contributed by atoms with van der Waals surface area (Å²) in [5, 5.41) is 2.36. The zero-order chi connectivity index (χ0) is 26.5. The van der Waals surface area contributed by atoms with Crippen LogP contribution >= 0.6 is 0 Å². The van der Waals surface area contributed by atoms with Gasteiger partial charge in [-0.25, -0.2) is 13.2 Å². The third-order valence-corrected chi connectivity index (χ3v) is 7.96. The summed E-state index contributed by atoms with van der Waals surface area (Å²) in [4.78, 5) is 42.1. The van der Waals surface area contributed by atoms with E-state index in [1.165, 1.54) is 6.20 Å². The van der Waals surface area contributed by atoms with Crippen LogP contribution in [0.2, 0.25) is 0 Å². The Morgan fingerprint density at radius 1 is 1.14 bits per heavy atom. The van der Waals surface area contributed by atoms with Gasteiger partial charge in [0.05, 0.1) is 12.1 Å². The summed E-state index contributed by atoms with van der Waals surface area (Å²) < 4.78 is 48.8. The highest BCUT2D eigenvalue weighted by Crippen LogP contribution is 2.54. The van der Waals surface area contributed by atoms with Gasteiger partial charge in [-0.15, -0.1) is 0 Å². The molecule has 3 heterocycles. The first kappa shape index (κ1) is 25.4. The Balaban J connectivity index is 1.52. The number of carbonyl (C=O) groups excluding carboxylic acids is 2. The van der Waals surface area contributed by atoms with Gasteiger partial charge < -0.3 is 19.5 Å². The Labute approximate surface area is 212 Å². The summed E-state index contributed by atoms with van der Waals surface area (Å²) in [5.74, 6) is -4.67. The minimum absolute atomic E-state index is 0.00352. The molecule has 2 amide bonds. The smallest absolute Gasteiger partial charge is 0.275 e. The third kappa shape index (κ3) is 4.30. The molecule has 2 aromatic rings. The van der Waals surface area contributed by atoms with Gasteiger partial charge in [-0.3, -0.25) is 14.4 Å². The lowest BCUT2D eigenvalue weighted by molar-refractivity contribution is 0.0414. The second-order valence-electron chi connectivity index (χ2n) is 10.9. The van der Waals surface area contributed by atoms with Crippen LogP contribution in [0.1, 0.15) is 78.8 Å². The number of hydrogen-bond acceptors (Lipinski definition) is 4. The second-order valence-corrected chi connectivity index (χ2v) is 10.9. The Morgan fingerprint density at radius 2 is 1.86 bits per heavy atom. The second kappa shape index (κ2) is 9.22. The van der Waals surface area contributed by atoms with Crippen molar-refractivity contribution in [3.63, 3.8) is 0 Å². The Morgan fingerprint density at radius 3 is 2.57 bits per heavy atom. The number of fused-ring (bicyclic) bond motifs is 2. The van der Waals surface area contributed by atoms with Crippen molar-refractivity contribution in [2.24, 2.45) is 5.41 Å². The largest absolute Gasteiger partial charge is 0.487 e. The van der Waals surface area contributed by atoms with Gasteiger partial charge in [-0.2, -0.15) is 0 Å². The molecule has 2 fully saturated rings. The van der Waals surface area contributed by atoms with Gasteiger partial charge in [-0.1, -0.05) is 26.7 Å². The van der Waals surface area contributed by atoms with Crippen molar-refractivity contribution < 1.29 is 27.5 Å². The maximum Gasteiger partial charge on any atom is 0.275 e. The predicted molar refractivity (Wildman–Crippen MR) is 129 cm³/mol. The molecule has 0 radical (unpaired) electrons. The molecule has 198 valence electrons. The summed E-state index contributed by atoms with van der Waals surface area (Å²) >= 11 is 0. The fraction of sp³-hybridized carbons (Fsp3) is 0.519. The zero-order valence-electron chi connectivity index (χ0n) is 21.0. The van der Waals surface area contributed by atoms with Crippen LogP contribution in [0.4, 0.5) is 13.2 Å². The molecule has 1 aliphatic carbocycles. The lowest BCUT2D eigenvalue weighted by Crippen LogP contribution is -2.55. The number of rotatable bonds is 7. The number of unbranched alkanes of at least 4 members (excludes halogenated alkanes) is 1. The van der Waals surface area contributed by atoms with Crippen molar-refractivity contribution in [1.29, 1.82) is 0 Å². The van der Waals surface area contributed by atoms with Crippen LogP contribution in [0.15, 0.2) is 23.1 Å². The van der Waals surface area contributed by atoms with E-state index in [-0.39, 0.29) is 40.5 Å². The molecule has 2 aliphatic heterocycles. The summed E-state index contributed by atoms with van der Waals surface area (Å²) in [5.41, 5.74) is -1.81. The Kier molecular flexibility index (Phi) is 6.32. The number of benzene rings is 1. The number of hydrogen-bond donors (Lipinski definition) is 1. The van der Waals surface area contributed by atoms with Gasteiger partial charge >= 0.3 is 0 Å². The normalized spacial score (nSPS) is 24.0. The molecule has 2 bridgehead atoms. The molecule has 0 unspecified atom stereocenters. The molecule has 3 aliphatic rings. The Bertz CT molecular complexity index is 1320. The van der Waals surface area contributed by atoms with E-state index in [4.69, 9.17) is 4.74 Å². The molecule has 1 saturated heterocycles. The van der Waals surface area contributed by atoms with E-state index in [0.717, 1.165) is 32.1 Å². The monoisotopic (exact) mass is 517 g/mol. The molecule has 1 aromatic heterocycles. The van der Waals surface area contributed by atoms with E-state index < -0.39 is 40.9 Å². The number of aromatic nitrogens is 1. The number of nitrogens with zero attached hydrogens (tertiary/aromatic N) is 2. The molecule has 1 saturated carbocycles. The van der Waals surface area contributed by atoms with Crippen LogP contribution in [0.3, 0.4) is 0 Å². The maximum absolute atomic E-state index is 14.1. The minimum atomic E-state index is -1.14. The molecule has 1 spiro atoms. The summed E-state index contributed by atoms with van der Waals surface area (Å²) in [6.07, 6.45) is 6.49. The molecule has 1 aromatic carbocycles. The fourth-order valence-corrected chi connectivity index (χ4v) is 6.29. The average Bonchev–Trinajstić information content (AvgIpc) is 3.04. The summed E-state index contributed by atoms with van der Waals surface area (Å²) in [6, 6.07) is 1.04. The van der Waals surface area contributed by atoms with Gasteiger partial charge in [0, 0.05) is 43.5 Å². The van der Waals surface area contributed by atoms with Crippen LogP contribution in [0, 0.1) is 22.9 Å². The van der Waals surface area contributed by atoms with E-state index in [2.05, 4.69) is 12.2 Å². The maximum atomic E-state index is 14.1. The van der Waals surface area contributed by atoms with Gasteiger partial charge in [0.25, 0.3) is 11.8 Å². The standard InChI is InChI=1S/C27H30F3N3O4/c1-3-4-8-37-23-21-25(36)33-14-26(2)6-5-7-27(33,13-26)15-32(21)12-18(22(23)34)24(35)31-11-17-19(29)9-16(28)10-20(17)30/h9-10,12H,3-8,11,13-15H2,1-2H3,(H,31,35)/t26-,27+/m0/s1. The molecular formula is C27H30F3N3O4. The lowest BCUT2D eigenvalue weighted by atomic mass is 9.71.